The lowest BCUT2D eigenvalue weighted by atomic mass is 10.1. The van der Waals surface area contributed by atoms with Crippen molar-refractivity contribution in [2.45, 2.75) is 78.1 Å². The third-order valence-corrected chi connectivity index (χ3v) is 6.53. The molecule has 1 aromatic carbocycles. The molecule has 0 atom stereocenters. The number of esters is 1. The van der Waals surface area contributed by atoms with Gasteiger partial charge in [0, 0.05) is 12.6 Å². The van der Waals surface area contributed by atoms with Crippen molar-refractivity contribution in [2.75, 3.05) is 23.7 Å². The van der Waals surface area contributed by atoms with E-state index in [9.17, 15) is 18.0 Å². The van der Waals surface area contributed by atoms with E-state index >= 15 is 0 Å². The van der Waals surface area contributed by atoms with Gasteiger partial charge in [-0.2, -0.15) is 0 Å². The molecule has 0 aliphatic carbocycles. The summed E-state index contributed by atoms with van der Waals surface area (Å²) in [6.07, 6.45) is 11.5. The van der Waals surface area contributed by atoms with Crippen LogP contribution < -0.4 is 9.46 Å². The zero-order valence-corrected chi connectivity index (χ0v) is 21.2. The largest absolute Gasteiger partial charge is 0.490 e. The van der Waals surface area contributed by atoms with Crippen LogP contribution in [0.1, 0.15) is 78.1 Å². The highest BCUT2D eigenvalue weighted by molar-refractivity contribution is 7.92. The fraction of sp³-hybridized carbons (Fsp3) is 0.600. The van der Waals surface area contributed by atoms with Crippen molar-refractivity contribution in [3.8, 4) is 5.75 Å². The average molecular weight is 495 g/mol. The highest BCUT2D eigenvalue weighted by atomic mass is 32.2. The Kier molecular flexibility index (Phi) is 14.6. The van der Waals surface area contributed by atoms with Crippen LogP contribution >= 0.6 is 0 Å². The van der Waals surface area contributed by atoms with Gasteiger partial charge >= 0.3 is 5.97 Å². The van der Waals surface area contributed by atoms with Gasteiger partial charge in [-0.3, -0.25) is 14.9 Å². The van der Waals surface area contributed by atoms with E-state index in [1.165, 1.54) is 38.5 Å². The van der Waals surface area contributed by atoms with Crippen LogP contribution in [0.4, 0.5) is 5.69 Å². The highest BCUT2D eigenvalue weighted by Gasteiger charge is 2.16. The molecule has 0 fully saturated rings. The number of sulfonamides is 1. The highest BCUT2D eigenvalue weighted by Crippen LogP contribution is 2.17. The van der Waals surface area contributed by atoms with Crippen LogP contribution in [-0.4, -0.2) is 45.0 Å². The van der Waals surface area contributed by atoms with Gasteiger partial charge in [-0.05, 0) is 36.6 Å². The maximum Gasteiger partial charge on any atom is 0.351 e. The molecule has 190 valence electrons. The molecule has 0 amide bonds. The zero-order chi connectivity index (χ0) is 25.2. The molecule has 1 rings (SSSR count). The monoisotopic (exact) mass is 494 g/mol. The lowest BCUT2D eigenvalue weighted by Crippen LogP contribution is -2.18. The minimum Gasteiger partial charge on any atom is -0.490 e. The Hall–Kier alpha value is -2.64. The molecule has 9 heteroatoms. The quantitative estimate of drug-likeness (QED) is 0.0694. The molecular formula is C25H38N2O6S. The van der Waals surface area contributed by atoms with Gasteiger partial charge < -0.3 is 9.47 Å². The zero-order valence-electron chi connectivity index (χ0n) is 20.4. The first-order valence-corrected chi connectivity index (χ1v) is 13.7. The summed E-state index contributed by atoms with van der Waals surface area (Å²) >= 11 is 0. The van der Waals surface area contributed by atoms with Crippen LogP contribution in [0, 0.1) is 5.41 Å². The van der Waals surface area contributed by atoms with Crippen LogP contribution in [0.3, 0.4) is 0 Å². The number of anilines is 1. The van der Waals surface area contributed by atoms with E-state index in [1.807, 2.05) is 0 Å². The lowest BCUT2D eigenvalue weighted by molar-refractivity contribution is -0.140. The molecule has 0 radical (unpaired) electrons. The van der Waals surface area contributed by atoms with E-state index in [-0.39, 0.29) is 19.0 Å². The SMILES string of the molecule is CCCCCCCCCCCCS(=O)(=O)Nc1ccc(OCCOC(=O)C(=C=N)C(C)=O)cc1. The molecule has 8 nitrogen and oxygen atoms in total. The van der Waals surface area contributed by atoms with Gasteiger partial charge in [0.25, 0.3) is 0 Å². The van der Waals surface area contributed by atoms with Crippen molar-refractivity contribution in [1.29, 1.82) is 5.41 Å². The summed E-state index contributed by atoms with van der Waals surface area (Å²) in [6.45, 7) is 3.30. The predicted molar refractivity (Wildman–Crippen MR) is 134 cm³/mol. The molecule has 0 heterocycles. The normalized spacial score (nSPS) is 10.9. The summed E-state index contributed by atoms with van der Waals surface area (Å²) in [5, 5.41) is 6.92. The maximum absolute atomic E-state index is 12.3. The standard InChI is InChI=1S/C25H38N2O6S/c1-3-4-5-6-7-8-9-10-11-12-19-34(30,31)27-22-13-15-23(16-14-22)32-17-18-33-25(29)24(20-26)21(2)28/h13-16,26-27H,3-12,17-19H2,1-2H3. The summed E-state index contributed by atoms with van der Waals surface area (Å²) < 4.78 is 37.4. The molecule has 0 spiro atoms. The van der Waals surface area contributed by atoms with Crippen molar-refractivity contribution < 1.29 is 27.5 Å². The minimum absolute atomic E-state index is 0.0404. The van der Waals surface area contributed by atoms with Gasteiger partial charge in [0.15, 0.2) is 11.4 Å². The Bertz CT molecular complexity index is 906. The Balaban J connectivity index is 2.24. The molecule has 0 saturated carbocycles. The smallest absolute Gasteiger partial charge is 0.351 e. The number of carbonyl (C=O) groups excluding carboxylic acids is 2. The van der Waals surface area contributed by atoms with Gasteiger partial charge in [0.2, 0.25) is 10.0 Å². The first-order valence-electron chi connectivity index (χ1n) is 12.0. The van der Waals surface area contributed by atoms with Crippen LogP contribution in [0.2, 0.25) is 0 Å². The third kappa shape index (κ3) is 13.2. The first-order chi connectivity index (χ1) is 16.3. The molecular weight excluding hydrogens is 456 g/mol. The number of rotatable bonds is 19. The van der Waals surface area contributed by atoms with E-state index in [0.717, 1.165) is 26.2 Å². The molecule has 1 aromatic rings. The summed E-state index contributed by atoms with van der Waals surface area (Å²) in [5.41, 5.74) is 0.00233. The Morgan fingerprint density at radius 3 is 2.00 bits per heavy atom. The van der Waals surface area contributed by atoms with Crippen LogP contribution in [0.15, 0.2) is 29.8 Å². The molecule has 0 aromatic heterocycles. The predicted octanol–water partition coefficient (Wildman–Crippen LogP) is 5.04. The second-order valence-electron chi connectivity index (χ2n) is 8.17. The van der Waals surface area contributed by atoms with Crippen LogP contribution in [0.5, 0.6) is 5.75 Å². The minimum atomic E-state index is -3.40. The van der Waals surface area contributed by atoms with Gasteiger partial charge in [0.05, 0.1) is 5.75 Å². The fourth-order valence-electron chi connectivity index (χ4n) is 3.28. The van der Waals surface area contributed by atoms with Crippen molar-refractivity contribution in [3.63, 3.8) is 0 Å². The van der Waals surface area contributed by atoms with E-state index in [4.69, 9.17) is 14.9 Å². The van der Waals surface area contributed by atoms with E-state index in [1.54, 1.807) is 30.1 Å². The topological polar surface area (TPSA) is 123 Å². The molecule has 0 bridgehead atoms. The van der Waals surface area contributed by atoms with E-state index < -0.39 is 27.3 Å². The second kappa shape index (κ2) is 16.9. The number of ketones is 1. The van der Waals surface area contributed by atoms with Crippen LogP contribution in [-0.2, 0) is 24.3 Å². The van der Waals surface area contributed by atoms with E-state index in [0.29, 0.717) is 17.9 Å². The molecule has 34 heavy (non-hydrogen) atoms. The van der Waals surface area contributed by atoms with Crippen LogP contribution in [0.25, 0.3) is 0 Å². The summed E-state index contributed by atoms with van der Waals surface area (Å²) in [4.78, 5) is 22.8. The van der Waals surface area contributed by atoms with Gasteiger partial charge in [-0.1, -0.05) is 64.7 Å². The van der Waals surface area contributed by atoms with Crippen molar-refractivity contribution >= 4 is 33.3 Å². The number of carbonyl (C=O) groups is 2. The van der Waals surface area contributed by atoms with Crippen molar-refractivity contribution in [1.82, 2.24) is 0 Å². The summed E-state index contributed by atoms with van der Waals surface area (Å²) in [5.74, 6) is 0.825. The molecule has 2 N–H and O–H groups in total. The Morgan fingerprint density at radius 2 is 1.47 bits per heavy atom. The summed E-state index contributed by atoms with van der Waals surface area (Å²) in [7, 11) is -3.40. The number of unbranched alkanes of at least 4 members (excludes halogenated alkanes) is 9. The number of nitrogens with one attached hydrogen (secondary N) is 2. The Morgan fingerprint density at radius 1 is 0.912 bits per heavy atom. The molecule has 0 unspecified atom stereocenters. The van der Waals surface area contributed by atoms with Crippen molar-refractivity contribution in [2.24, 2.45) is 0 Å². The van der Waals surface area contributed by atoms with Gasteiger partial charge in [-0.25, -0.2) is 13.2 Å². The molecule has 0 aliphatic rings. The fourth-order valence-corrected chi connectivity index (χ4v) is 4.46. The number of hydrogen-bond acceptors (Lipinski definition) is 7. The summed E-state index contributed by atoms with van der Waals surface area (Å²) in [6, 6.07) is 6.42. The van der Waals surface area contributed by atoms with Gasteiger partial charge in [-0.15, -0.1) is 0 Å². The Labute approximate surface area is 203 Å². The molecule has 0 saturated heterocycles. The average Bonchev–Trinajstić information content (AvgIpc) is 2.79. The second-order valence-corrected chi connectivity index (χ2v) is 10.0. The van der Waals surface area contributed by atoms with Crippen molar-refractivity contribution in [3.05, 3.63) is 29.8 Å². The first kappa shape index (κ1) is 29.4. The van der Waals surface area contributed by atoms with E-state index in [2.05, 4.69) is 11.6 Å². The number of ether oxygens (including phenoxy) is 2. The number of Topliss-reactive ketones (excluding diaryl/α,β-unsaturated/α-hetero) is 1. The number of hydrogen-bond donors (Lipinski definition) is 2. The molecule has 0 aliphatic heterocycles. The maximum atomic E-state index is 12.3. The third-order valence-electron chi connectivity index (χ3n) is 5.16. The lowest BCUT2D eigenvalue weighted by Gasteiger charge is -2.10. The van der Waals surface area contributed by atoms with Gasteiger partial charge in [0.1, 0.15) is 19.0 Å². The number of benzene rings is 1.